The Bertz CT molecular complexity index is 1540. The van der Waals surface area contributed by atoms with E-state index in [4.69, 9.17) is 41.7 Å². The van der Waals surface area contributed by atoms with Crippen molar-refractivity contribution in [3.8, 4) is 5.75 Å². The Morgan fingerprint density at radius 1 is 1.33 bits per heavy atom. The van der Waals surface area contributed by atoms with Gasteiger partial charge < -0.3 is 29.9 Å². The predicted octanol–water partition coefficient (Wildman–Crippen LogP) is 1.66. The van der Waals surface area contributed by atoms with Gasteiger partial charge in [0.25, 0.3) is 0 Å². The number of benzene rings is 1. The zero-order valence-corrected chi connectivity index (χ0v) is 25.4. The van der Waals surface area contributed by atoms with E-state index in [-0.39, 0.29) is 23.2 Å². The number of anilines is 2. The van der Waals surface area contributed by atoms with Crippen LogP contribution in [-0.4, -0.2) is 79.3 Å². The van der Waals surface area contributed by atoms with Gasteiger partial charge in [-0.3, -0.25) is 18.9 Å². The number of imidazole rings is 1. The summed E-state index contributed by atoms with van der Waals surface area (Å²) in [6, 6.07) is 6.04. The summed E-state index contributed by atoms with van der Waals surface area (Å²) in [5.41, 5.74) is 3.23. The maximum atomic E-state index is 14.1. The highest BCUT2D eigenvalue weighted by atomic mass is 35.5. The molecule has 0 spiro atoms. The molecule has 2 unspecified atom stereocenters. The third kappa shape index (κ3) is 5.89. The molecule has 0 radical (unpaired) electrons. The lowest BCUT2D eigenvalue weighted by molar-refractivity contribution is -0.151. The van der Waals surface area contributed by atoms with Crippen LogP contribution in [0.5, 0.6) is 5.75 Å². The molecule has 7 N–H and O–H groups in total. The molecular weight excluding hydrogens is 607 g/mol. The number of hydrazine groups is 1. The molecule has 1 saturated carbocycles. The predicted molar refractivity (Wildman–Crippen MR) is 155 cm³/mol. The molecule has 1 aromatic carbocycles. The number of aliphatic hydroxyl groups excluding tert-OH is 1. The van der Waals surface area contributed by atoms with Crippen molar-refractivity contribution >= 4 is 48.2 Å². The zero-order chi connectivity index (χ0) is 31.2. The molecule has 5 rings (SSSR count). The van der Waals surface area contributed by atoms with Gasteiger partial charge in [-0.15, -0.1) is 0 Å². The van der Waals surface area contributed by atoms with Gasteiger partial charge in [0.2, 0.25) is 5.95 Å². The molecule has 43 heavy (non-hydrogen) atoms. The fraction of sp³-hybridized carbons (Fsp3) is 0.520. The number of nitrogens with two attached hydrogens (primary N) is 2. The Kier molecular flexibility index (Phi) is 8.59. The molecule has 18 heteroatoms. The molecule has 3 heterocycles. The molecular formula is C25H34ClN8O8P. The number of aromatic nitrogens is 4. The van der Waals surface area contributed by atoms with Crippen LogP contribution in [0.25, 0.3) is 11.2 Å². The SMILES string of the molecule is CCN(N)c1nc(N)nc2c1ncn2[C@@H]1OC(COP(=O)(NC2(C(=O)OC)CCC2)Oc2ccc(Cl)cc2)[C@@H](O)[C@@]1(C)O. The summed E-state index contributed by atoms with van der Waals surface area (Å²) in [5, 5.41) is 27.0. The van der Waals surface area contributed by atoms with Crippen LogP contribution in [-0.2, 0) is 23.4 Å². The number of carbonyl (C=O) groups excluding carboxylic acids is 1. The van der Waals surface area contributed by atoms with E-state index >= 15 is 0 Å². The van der Waals surface area contributed by atoms with Crippen molar-refractivity contribution in [3.05, 3.63) is 35.6 Å². The minimum Gasteiger partial charge on any atom is -0.468 e. The molecule has 1 aliphatic heterocycles. The summed E-state index contributed by atoms with van der Waals surface area (Å²) >= 11 is 5.97. The number of carbonyl (C=O) groups is 1. The van der Waals surface area contributed by atoms with Crippen molar-refractivity contribution in [2.75, 3.05) is 31.0 Å². The Hall–Kier alpha value is -3.08. The third-order valence-electron chi connectivity index (χ3n) is 7.62. The molecule has 234 valence electrons. The highest BCUT2D eigenvalue weighted by molar-refractivity contribution is 7.52. The molecule has 0 bridgehead atoms. The van der Waals surface area contributed by atoms with Crippen molar-refractivity contribution in [2.24, 2.45) is 5.84 Å². The summed E-state index contributed by atoms with van der Waals surface area (Å²) in [6.07, 6.45) is -1.24. The Morgan fingerprint density at radius 2 is 2.02 bits per heavy atom. The first-order valence-corrected chi connectivity index (χ1v) is 15.4. The van der Waals surface area contributed by atoms with E-state index in [0.717, 1.165) is 0 Å². The average Bonchev–Trinajstić information content (AvgIpc) is 3.47. The first kappa shape index (κ1) is 31.3. The second kappa shape index (κ2) is 11.8. The second-order valence-electron chi connectivity index (χ2n) is 10.6. The van der Waals surface area contributed by atoms with Crippen molar-refractivity contribution < 1.29 is 38.1 Å². The van der Waals surface area contributed by atoms with Gasteiger partial charge in [-0.25, -0.2) is 15.4 Å². The van der Waals surface area contributed by atoms with Crippen molar-refractivity contribution in [1.29, 1.82) is 0 Å². The molecule has 16 nitrogen and oxygen atoms in total. The lowest BCUT2D eigenvalue weighted by Gasteiger charge is -2.41. The fourth-order valence-electron chi connectivity index (χ4n) is 5.05. The van der Waals surface area contributed by atoms with Crippen LogP contribution in [0.15, 0.2) is 30.6 Å². The Labute approximate surface area is 251 Å². The number of fused-ring (bicyclic) bond motifs is 1. The number of nitrogens with zero attached hydrogens (tertiary/aromatic N) is 5. The van der Waals surface area contributed by atoms with Gasteiger partial charge in [0.05, 0.1) is 20.0 Å². The van der Waals surface area contributed by atoms with Crippen molar-refractivity contribution in [1.82, 2.24) is 24.6 Å². The van der Waals surface area contributed by atoms with Crippen LogP contribution < -0.4 is 26.2 Å². The number of hydrogen-bond acceptors (Lipinski definition) is 14. The van der Waals surface area contributed by atoms with Gasteiger partial charge in [-0.1, -0.05) is 11.6 Å². The van der Waals surface area contributed by atoms with E-state index in [0.29, 0.717) is 36.3 Å². The van der Waals surface area contributed by atoms with Crippen LogP contribution in [0.1, 0.15) is 39.3 Å². The minimum atomic E-state index is -4.32. The van der Waals surface area contributed by atoms with Crippen LogP contribution in [0, 0.1) is 0 Å². The summed E-state index contributed by atoms with van der Waals surface area (Å²) in [6.45, 7) is 3.07. The molecule has 1 aliphatic carbocycles. The van der Waals surface area contributed by atoms with E-state index in [1.165, 1.54) is 54.2 Å². The topological polar surface area (TPSA) is 222 Å². The number of hydrogen-bond donors (Lipinski definition) is 5. The normalized spacial score (nSPS) is 26.1. The van der Waals surface area contributed by atoms with E-state index in [1.807, 2.05) is 6.92 Å². The van der Waals surface area contributed by atoms with Crippen molar-refractivity contribution in [2.45, 2.75) is 62.7 Å². The number of aliphatic hydroxyl groups is 2. The molecule has 2 aliphatic rings. The van der Waals surface area contributed by atoms with E-state index in [9.17, 15) is 19.6 Å². The van der Waals surface area contributed by atoms with Crippen LogP contribution in [0.4, 0.5) is 11.8 Å². The van der Waals surface area contributed by atoms with Gasteiger partial charge in [0.1, 0.15) is 29.1 Å². The zero-order valence-electron chi connectivity index (χ0n) is 23.7. The number of methoxy groups -OCH3 is 1. The highest BCUT2D eigenvalue weighted by Crippen LogP contribution is 2.51. The number of rotatable bonds is 11. The third-order valence-corrected chi connectivity index (χ3v) is 9.52. The average molecular weight is 641 g/mol. The maximum absolute atomic E-state index is 14.1. The highest BCUT2D eigenvalue weighted by Gasteiger charge is 2.55. The van der Waals surface area contributed by atoms with Crippen LogP contribution in [0.3, 0.4) is 0 Å². The van der Waals surface area contributed by atoms with Gasteiger partial charge in [-0.05, 0) is 57.4 Å². The van der Waals surface area contributed by atoms with E-state index in [1.54, 1.807) is 0 Å². The molecule has 1 saturated heterocycles. The number of nitrogens with one attached hydrogen (secondary N) is 1. The van der Waals surface area contributed by atoms with Gasteiger partial charge in [0, 0.05) is 11.6 Å². The second-order valence-corrected chi connectivity index (χ2v) is 12.7. The molecule has 3 aromatic rings. The largest absolute Gasteiger partial charge is 0.468 e. The summed E-state index contributed by atoms with van der Waals surface area (Å²) in [4.78, 5) is 25.4. The number of esters is 1. The van der Waals surface area contributed by atoms with Crippen LogP contribution >= 0.6 is 19.3 Å². The van der Waals surface area contributed by atoms with E-state index in [2.05, 4.69) is 20.0 Å². The standard InChI is InChI=1S/C25H34ClN8O8P/c1-4-34(28)20-17-19(30-23(27)31-20)33(13-29-17)21-24(2,37)18(35)16(41-21)12-40-43(38,42-15-8-6-14(26)7-9-15)32-25(10-5-11-25)22(36)39-3/h6-9,13,16,18,21,35,37H,4-5,10-12,28H2,1-3H3,(H,32,38)(H2,27,30,31)/t16?,18-,21-,24-,43?/m1/s1. The van der Waals surface area contributed by atoms with Gasteiger partial charge in [-0.2, -0.15) is 15.1 Å². The maximum Gasteiger partial charge on any atom is 0.459 e. The van der Waals surface area contributed by atoms with Crippen molar-refractivity contribution in [3.63, 3.8) is 0 Å². The quantitative estimate of drug-likeness (QED) is 0.0870. The lowest BCUT2D eigenvalue weighted by Crippen LogP contribution is -2.57. The number of ether oxygens (including phenoxy) is 2. The smallest absolute Gasteiger partial charge is 0.459 e. The summed E-state index contributed by atoms with van der Waals surface area (Å²) in [5.74, 6) is 5.75. The Balaban J connectivity index is 1.41. The molecule has 5 atom stereocenters. The molecule has 2 aromatic heterocycles. The first-order valence-electron chi connectivity index (χ1n) is 13.5. The molecule has 2 fully saturated rings. The summed E-state index contributed by atoms with van der Waals surface area (Å²) in [7, 11) is -3.09. The van der Waals surface area contributed by atoms with Gasteiger partial charge >= 0.3 is 13.7 Å². The first-order chi connectivity index (χ1) is 20.3. The number of halogens is 1. The minimum absolute atomic E-state index is 0.0897. The summed E-state index contributed by atoms with van der Waals surface area (Å²) < 4.78 is 38.0. The van der Waals surface area contributed by atoms with Crippen LogP contribution in [0.2, 0.25) is 5.02 Å². The van der Waals surface area contributed by atoms with E-state index < -0.39 is 49.9 Å². The number of nitrogen functional groups attached to an aromatic ring is 1. The molecule has 0 amide bonds. The lowest BCUT2D eigenvalue weighted by atomic mass is 9.78. The Morgan fingerprint density at radius 3 is 2.63 bits per heavy atom. The fourth-order valence-corrected chi connectivity index (χ4v) is 6.92. The monoisotopic (exact) mass is 640 g/mol. The van der Waals surface area contributed by atoms with Gasteiger partial charge in [0.15, 0.2) is 23.2 Å².